The van der Waals surface area contributed by atoms with E-state index in [0.717, 1.165) is 12.1 Å². The Morgan fingerprint density at radius 1 is 1.43 bits per heavy atom. The van der Waals surface area contributed by atoms with E-state index in [9.17, 15) is 0 Å². The SMILES string of the molecule is CC[SiH](CC)ON. The second-order valence-electron chi connectivity index (χ2n) is 1.57. The molecule has 2 N–H and O–H groups in total. The van der Waals surface area contributed by atoms with Crippen molar-refractivity contribution in [1.82, 2.24) is 0 Å². The van der Waals surface area contributed by atoms with Crippen LogP contribution in [0.1, 0.15) is 13.8 Å². The van der Waals surface area contributed by atoms with Crippen molar-refractivity contribution in [3.63, 3.8) is 0 Å². The standard InChI is InChI=1S/C4H13NOSi/c1-3-7(4-2)6-5/h7H,3-5H2,1-2H3. The van der Waals surface area contributed by atoms with Crippen molar-refractivity contribution in [2.75, 3.05) is 0 Å². The smallest absolute Gasteiger partial charge is 0.204 e. The van der Waals surface area contributed by atoms with Crippen LogP contribution in [0, 0.1) is 0 Å². The van der Waals surface area contributed by atoms with Gasteiger partial charge in [-0.3, -0.25) is 0 Å². The highest BCUT2D eigenvalue weighted by Crippen LogP contribution is 1.94. The highest BCUT2D eigenvalue weighted by atomic mass is 28.3. The molecule has 0 aliphatic heterocycles. The van der Waals surface area contributed by atoms with Crippen LogP contribution in [0.2, 0.25) is 12.1 Å². The maximum atomic E-state index is 4.96. The molecule has 0 amide bonds. The first-order chi connectivity index (χ1) is 3.35. The van der Waals surface area contributed by atoms with Crippen molar-refractivity contribution in [2.45, 2.75) is 25.9 Å². The van der Waals surface area contributed by atoms with Crippen LogP contribution in [-0.2, 0) is 4.53 Å². The Labute approximate surface area is 46.3 Å². The summed E-state index contributed by atoms with van der Waals surface area (Å²) in [6, 6.07) is 2.29. The zero-order valence-corrected chi connectivity index (χ0v) is 6.13. The molecule has 0 saturated carbocycles. The summed E-state index contributed by atoms with van der Waals surface area (Å²) in [5.74, 6) is 4.96. The van der Waals surface area contributed by atoms with Crippen LogP contribution in [0.25, 0.3) is 0 Å². The van der Waals surface area contributed by atoms with Crippen LogP contribution >= 0.6 is 0 Å². The van der Waals surface area contributed by atoms with E-state index in [1.807, 2.05) is 0 Å². The van der Waals surface area contributed by atoms with Crippen molar-refractivity contribution < 1.29 is 4.53 Å². The molecule has 0 spiro atoms. The van der Waals surface area contributed by atoms with Gasteiger partial charge in [0.25, 0.3) is 0 Å². The Morgan fingerprint density at radius 3 is 1.86 bits per heavy atom. The van der Waals surface area contributed by atoms with Crippen molar-refractivity contribution in [1.29, 1.82) is 0 Å². The monoisotopic (exact) mass is 119 g/mol. The van der Waals surface area contributed by atoms with Crippen molar-refractivity contribution >= 4 is 9.04 Å². The minimum atomic E-state index is -0.894. The third-order valence-corrected chi connectivity index (χ3v) is 3.31. The summed E-state index contributed by atoms with van der Waals surface area (Å²) >= 11 is 0. The van der Waals surface area contributed by atoms with E-state index in [1.165, 1.54) is 0 Å². The molecule has 0 aromatic heterocycles. The third-order valence-electron chi connectivity index (χ3n) is 1.10. The van der Waals surface area contributed by atoms with Crippen molar-refractivity contribution in [2.24, 2.45) is 5.90 Å². The first-order valence-electron chi connectivity index (χ1n) is 2.70. The average molecular weight is 119 g/mol. The van der Waals surface area contributed by atoms with Gasteiger partial charge in [0.1, 0.15) is 0 Å². The average Bonchev–Trinajstić information content (AvgIpc) is 1.72. The summed E-state index contributed by atoms with van der Waals surface area (Å²) in [5.41, 5.74) is 0. The number of hydrogen-bond donors (Lipinski definition) is 1. The highest BCUT2D eigenvalue weighted by molar-refractivity contribution is 6.51. The van der Waals surface area contributed by atoms with Gasteiger partial charge in [0.15, 0.2) is 0 Å². The Balaban J connectivity index is 2.99. The summed E-state index contributed by atoms with van der Waals surface area (Å²) < 4.78 is 4.69. The molecule has 0 aromatic rings. The highest BCUT2D eigenvalue weighted by Gasteiger charge is 2.01. The molecule has 0 rings (SSSR count). The molecule has 2 nitrogen and oxygen atoms in total. The normalized spacial score (nSPS) is 10.3. The molecule has 3 heteroatoms. The minimum Gasteiger partial charge on any atom is -0.352 e. The number of nitrogens with two attached hydrogens (primary N) is 1. The van der Waals surface area contributed by atoms with Gasteiger partial charge in [0.2, 0.25) is 9.04 Å². The van der Waals surface area contributed by atoms with Crippen LogP contribution in [0.3, 0.4) is 0 Å². The van der Waals surface area contributed by atoms with E-state index < -0.39 is 9.04 Å². The lowest BCUT2D eigenvalue weighted by Crippen LogP contribution is -2.19. The van der Waals surface area contributed by atoms with E-state index in [0.29, 0.717) is 0 Å². The van der Waals surface area contributed by atoms with E-state index in [2.05, 4.69) is 18.4 Å². The van der Waals surface area contributed by atoms with Gasteiger partial charge >= 0.3 is 0 Å². The van der Waals surface area contributed by atoms with Gasteiger partial charge in [-0.15, -0.1) is 0 Å². The fraction of sp³-hybridized carbons (Fsp3) is 1.00. The van der Waals surface area contributed by atoms with Gasteiger partial charge in [-0.05, 0) is 12.1 Å². The molecule has 0 aliphatic carbocycles. The summed E-state index contributed by atoms with van der Waals surface area (Å²) in [4.78, 5) is 0. The van der Waals surface area contributed by atoms with Crippen molar-refractivity contribution in [3.8, 4) is 0 Å². The Bertz CT molecular complexity index is 33.2. The molecule has 0 saturated heterocycles. The Morgan fingerprint density at radius 2 is 1.86 bits per heavy atom. The lowest BCUT2D eigenvalue weighted by Gasteiger charge is -2.03. The zero-order chi connectivity index (χ0) is 5.70. The van der Waals surface area contributed by atoms with E-state index in [1.54, 1.807) is 0 Å². The summed E-state index contributed by atoms with van der Waals surface area (Å²) in [6.07, 6.45) is 0. The van der Waals surface area contributed by atoms with Crippen LogP contribution < -0.4 is 5.90 Å². The fourth-order valence-corrected chi connectivity index (χ4v) is 1.44. The van der Waals surface area contributed by atoms with Crippen LogP contribution in [-0.4, -0.2) is 9.04 Å². The third kappa shape index (κ3) is 2.79. The summed E-state index contributed by atoms with van der Waals surface area (Å²) in [6.45, 7) is 4.24. The largest absolute Gasteiger partial charge is 0.352 e. The van der Waals surface area contributed by atoms with Gasteiger partial charge in [-0.1, -0.05) is 13.8 Å². The van der Waals surface area contributed by atoms with E-state index in [-0.39, 0.29) is 0 Å². The summed E-state index contributed by atoms with van der Waals surface area (Å²) in [5, 5.41) is 0. The lowest BCUT2D eigenvalue weighted by atomic mass is 11.0. The fourth-order valence-electron chi connectivity index (χ4n) is 0.481. The second kappa shape index (κ2) is 4.30. The molecule has 0 aliphatic rings. The molecular formula is C4H13NOSi. The van der Waals surface area contributed by atoms with E-state index >= 15 is 0 Å². The number of hydrogen-bond acceptors (Lipinski definition) is 2. The molecule has 0 unspecified atom stereocenters. The predicted octanol–water partition coefficient (Wildman–Crippen LogP) is 0.640. The quantitative estimate of drug-likeness (QED) is 0.437. The van der Waals surface area contributed by atoms with E-state index in [4.69, 9.17) is 5.90 Å². The van der Waals surface area contributed by atoms with Gasteiger partial charge < -0.3 is 4.53 Å². The molecule has 0 heterocycles. The molecule has 0 atom stereocenters. The van der Waals surface area contributed by atoms with Gasteiger partial charge in [-0.2, -0.15) is 0 Å². The molecule has 0 radical (unpaired) electrons. The van der Waals surface area contributed by atoms with Crippen LogP contribution in [0.5, 0.6) is 0 Å². The van der Waals surface area contributed by atoms with Gasteiger partial charge in [-0.25, -0.2) is 5.90 Å². The molecule has 0 fully saturated rings. The first kappa shape index (κ1) is 7.14. The number of rotatable bonds is 3. The lowest BCUT2D eigenvalue weighted by molar-refractivity contribution is 0.337. The van der Waals surface area contributed by atoms with Crippen LogP contribution in [0.4, 0.5) is 0 Å². The zero-order valence-electron chi connectivity index (χ0n) is 4.98. The molecular weight excluding hydrogens is 106 g/mol. The minimum absolute atomic E-state index is 0.894. The Hall–Kier alpha value is 0.137. The van der Waals surface area contributed by atoms with Gasteiger partial charge in [0.05, 0.1) is 0 Å². The molecule has 7 heavy (non-hydrogen) atoms. The predicted molar refractivity (Wildman–Crippen MR) is 33.4 cm³/mol. The molecule has 0 bridgehead atoms. The van der Waals surface area contributed by atoms with Crippen molar-refractivity contribution in [3.05, 3.63) is 0 Å². The Kier molecular flexibility index (Phi) is 4.38. The molecule has 0 aromatic carbocycles. The topological polar surface area (TPSA) is 35.2 Å². The van der Waals surface area contributed by atoms with Gasteiger partial charge in [0, 0.05) is 0 Å². The summed E-state index contributed by atoms with van der Waals surface area (Å²) in [7, 11) is -0.894. The van der Waals surface area contributed by atoms with Crippen LogP contribution in [0.15, 0.2) is 0 Å². The molecule has 44 valence electrons. The first-order valence-corrected chi connectivity index (χ1v) is 4.81. The maximum absolute atomic E-state index is 4.96. The maximum Gasteiger partial charge on any atom is 0.204 e. The second-order valence-corrected chi connectivity index (χ2v) is 4.72.